The molecule has 1 amide bonds. The number of ether oxygens (including phenoxy) is 2. The molecule has 0 atom stereocenters. The van der Waals surface area contributed by atoms with Crippen LogP contribution in [0.15, 0.2) is 46.0 Å². The molecule has 5 nitrogen and oxygen atoms in total. The van der Waals surface area contributed by atoms with E-state index in [4.69, 9.17) is 9.47 Å². The van der Waals surface area contributed by atoms with Crippen molar-refractivity contribution in [3.63, 3.8) is 0 Å². The first kappa shape index (κ1) is 18.0. The molecule has 1 N–H and O–H groups in total. The number of hydrogen-bond donors (Lipinski definition) is 1. The summed E-state index contributed by atoms with van der Waals surface area (Å²) >= 11 is 3.45. The van der Waals surface area contributed by atoms with E-state index in [0.717, 1.165) is 21.2 Å². The fourth-order valence-electron chi connectivity index (χ4n) is 2.20. The molecule has 0 aliphatic carbocycles. The van der Waals surface area contributed by atoms with Crippen molar-refractivity contribution >= 4 is 28.1 Å². The van der Waals surface area contributed by atoms with Crippen molar-refractivity contribution in [2.24, 2.45) is 5.10 Å². The zero-order valence-electron chi connectivity index (χ0n) is 13.8. The summed E-state index contributed by atoms with van der Waals surface area (Å²) in [5.41, 5.74) is 5.30. The van der Waals surface area contributed by atoms with Crippen molar-refractivity contribution in [1.82, 2.24) is 5.43 Å². The topological polar surface area (TPSA) is 59.9 Å². The lowest BCUT2D eigenvalue weighted by Gasteiger charge is -2.11. The highest BCUT2D eigenvalue weighted by molar-refractivity contribution is 9.10. The van der Waals surface area contributed by atoms with E-state index in [1.165, 1.54) is 6.21 Å². The van der Waals surface area contributed by atoms with Crippen LogP contribution in [0.4, 0.5) is 0 Å². The van der Waals surface area contributed by atoms with Gasteiger partial charge in [0.05, 0.1) is 17.8 Å². The zero-order chi connectivity index (χ0) is 17.5. The minimum Gasteiger partial charge on any atom is -0.496 e. The lowest BCUT2D eigenvalue weighted by molar-refractivity contribution is -0.123. The Morgan fingerprint density at radius 3 is 2.75 bits per heavy atom. The van der Waals surface area contributed by atoms with Crippen molar-refractivity contribution in [2.45, 2.75) is 13.8 Å². The van der Waals surface area contributed by atoms with Gasteiger partial charge in [-0.3, -0.25) is 4.79 Å². The predicted molar refractivity (Wildman–Crippen MR) is 97.8 cm³/mol. The van der Waals surface area contributed by atoms with Crippen LogP contribution in [-0.4, -0.2) is 25.8 Å². The summed E-state index contributed by atoms with van der Waals surface area (Å²) in [4.78, 5) is 11.9. The van der Waals surface area contributed by atoms with Gasteiger partial charge in [-0.1, -0.05) is 18.2 Å². The fourth-order valence-corrected chi connectivity index (χ4v) is 2.99. The molecule has 24 heavy (non-hydrogen) atoms. The molecule has 0 bridgehead atoms. The van der Waals surface area contributed by atoms with E-state index in [-0.39, 0.29) is 12.5 Å². The van der Waals surface area contributed by atoms with Crippen molar-refractivity contribution in [1.29, 1.82) is 0 Å². The summed E-state index contributed by atoms with van der Waals surface area (Å²) in [6.07, 6.45) is 1.53. The Bertz CT molecular complexity index is 737. The molecular weight excluding hydrogens is 372 g/mol. The third kappa shape index (κ3) is 4.83. The first-order valence-corrected chi connectivity index (χ1v) is 8.15. The predicted octanol–water partition coefficient (Wildman–Crippen LogP) is 3.60. The van der Waals surface area contributed by atoms with Gasteiger partial charge in [-0.15, -0.1) is 0 Å². The Morgan fingerprint density at radius 1 is 1.29 bits per heavy atom. The lowest BCUT2D eigenvalue weighted by atomic mass is 10.1. The van der Waals surface area contributed by atoms with Crippen LogP contribution < -0.4 is 14.9 Å². The van der Waals surface area contributed by atoms with Crippen molar-refractivity contribution in [2.75, 3.05) is 13.7 Å². The number of para-hydroxylation sites is 1. The number of nitrogens with one attached hydrogen (secondary N) is 1. The van der Waals surface area contributed by atoms with Crippen molar-refractivity contribution < 1.29 is 14.3 Å². The molecule has 2 aromatic rings. The molecule has 0 aliphatic rings. The van der Waals surface area contributed by atoms with Crippen LogP contribution >= 0.6 is 15.9 Å². The molecule has 0 radical (unpaired) electrons. The van der Waals surface area contributed by atoms with E-state index in [9.17, 15) is 4.79 Å². The third-order valence-electron chi connectivity index (χ3n) is 3.25. The molecule has 0 spiro atoms. The van der Waals surface area contributed by atoms with E-state index in [2.05, 4.69) is 26.5 Å². The Balaban J connectivity index is 1.91. The van der Waals surface area contributed by atoms with E-state index >= 15 is 0 Å². The SMILES string of the molecule is COc1ccccc1/C=N/NC(=O)COc1c(C)cc(C)cc1Br. The Labute approximate surface area is 149 Å². The lowest BCUT2D eigenvalue weighted by Crippen LogP contribution is -2.24. The molecule has 0 saturated heterocycles. The standard InChI is InChI=1S/C18H19BrN2O3/c1-12-8-13(2)18(15(19)9-12)24-11-17(22)21-20-10-14-6-4-5-7-16(14)23-3/h4-10H,11H2,1-3H3,(H,21,22)/b20-10+. The summed E-state index contributed by atoms with van der Waals surface area (Å²) in [6, 6.07) is 11.3. The van der Waals surface area contributed by atoms with Gasteiger partial charge in [-0.05, 0) is 59.1 Å². The monoisotopic (exact) mass is 390 g/mol. The molecule has 0 saturated carbocycles. The van der Waals surface area contributed by atoms with Gasteiger partial charge >= 0.3 is 0 Å². The van der Waals surface area contributed by atoms with E-state index in [0.29, 0.717) is 11.5 Å². The number of carbonyl (C=O) groups is 1. The zero-order valence-corrected chi connectivity index (χ0v) is 15.4. The first-order valence-electron chi connectivity index (χ1n) is 7.35. The Hall–Kier alpha value is -2.34. The summed E-state index contributed by atoms with van der Waals surface area (Å²) in [5.74, 6) is 1.00. The number of halogens is 1. The second-order valence-electron chi connectivity index (χ2n) is 5.22. The number of rotatable bonds is 6. The molecule has 0 unspecified atom stereocenters. The molecule has 0 aromatic heterocycles. The quantitative estimate of drug-likeness (QED) is 0.605. The maximum absolute atomic E-state index is 11.9. The van der Waals surface area contributed by atoms with Crippen LogP contribution in [0.5, 0.6) is 11.5 Å². The summed E-state index contributed by atoms with van der Waals surface area (Å²) < 4.78 is 11.6. The number of amides is 1. The Morgan fingerprint density at radius 2 is 2.04 bits per heavy atom. The van der Waals surface area contributed by atoms with Gasteiger partial charge in [0, 0.05) is 5.56 Å². The number of aryl methyl sites for hydroxylation is 2. The molecule has 0 fully saturated rings. The smallest absolute Gasteiger partial charge is 0.277 e. The Kier molecular flexibility index (Phi) is 6.37. The minimum absolute atomic E-state index is 0.119. The number of carbonyl (C=O) groups excluding carboxylic acids is 1. The van der Waals surface area contributed by atoms with Crippen LogP contribution in [0.3, 0.4) is 0 Å². The van der Waals surface area contributed by atoms with Crippen LogP contribution in [0.2, 0.25) is 0 Å². The highest BCUT2D eigenvalue weighted by Crippen LogP contribution is 2.30. The van der Waals surface area contributed by atoms with Gasteiger partial charge in [-0.2, -0.15) is 5.10 Å². The average Bonchev–Trinajstić information content (AvgIpc) is 2.54. The van der Waals surface area contributed by atoms with Gasteiger partial charge in [0.25, 0.3) is 5.91 Å². The maximum Gasteiger partial charge on any atom is 0.277 e. The highest BCUT2D eigenvalue weighted by Gasteiger charge is 2.09. The van der Waals surface area contributed by atoms with Crippen molar-refractivity contribution in [3.05, 3.63) is 57.6 Å². The number of hydrogen-bond acceptors (Lipinski definition) is 4. The molecule has 0 aliphatic heterocycles. The molecule has 0 heterocycles. The molecular formula is C18H19BrN2O3. The normalized spacial score (nSPS) is 10.7. The van der Waals surface area contributed by atoms with Gasteiger partial charge in [-0.25, -0.2) is 5.43 Å². The minimum atomic E-state index is -0.340. The van der Waals surface area contributed by atoms with Crippen LogP contribution in [0.25, 0.3) is 0 Å². The van der Waals surface area contributed by atoms with Crippen LogP contribution in [-0.2, 0) is 4.79 Å². The van der Waals surface area contributed by atoms with E-state index in [1.807, 2.05) is 50.2 Å². The average molecular weight is 391 g/mol. The van der Waals surface area contributed by atoms with Crippen molar-refractivity contribution in [3.8, 4) is 11.5 Å². The highest BCUT2D eigenvalue weighted by atomic mass is 79.9. The summed E-state index contributed by atoms with van der Waals surface area (Å²) in [7, 11) is 1.58. The van der Waals surface area contributed by atoms with Crippen LogP contribution in [0, 0.1) is 13.8 Å². The largest absolute Gasteiger partial charge is 0.496 e. The summed E-state index contributed by atoms with van der Waals surface area (Å²) in [6.45, 7) is 3.82. The number of methoxy groups -OCH3 is 1. The molecule has 2 aromatic carbocycles. The van der Waals surface area contributed by atoms with Gasteiger partial charge in [0.1, 0.15) is 11.5 Å². The molecule has 6 heteroatoms. The van der Waals surface area contributed by atoms with Gasteiger partial charge < -0.3 is 9.47 Å². The molecule has 2 rings (SSSR count). The third-order valence-corrected chi connectivity index (χ3v) is 3.84. The maximum atomic E-state index is 11.9. The molecule has 126 valence electrons. The van der Waals surface area contributed by atoms with E-state index in [1.54, 1.807) is 7.11 Å². The van der Waals surface area contributed by atoms with E-state index < -0.39 is 0 Å². The van der Waals surface area contributed by atoms with Crippen LogP contribution in [0.1, 0.15) is 16.7 Å². The van der Waals surface area contributed by atoms with Gasteiger partial charge in [0.15, 0.2) is 6.61 Å². The first-order chi connectivity index (χ1) is 11.5. The summed E-state index contributed by atoms with van der Waals surface area (Å²) in [5, 5.41) is 3.93. The van der Waals surface area contributed by atoms with Gasteiger partial charge in [0.2, 0.25) is 0 Å². The second kappa shape index (κ2) is 8.49. The fraction of sp³-hybridized carbons (Fsp3) is 0.222. The second-order valence-corrected chi connectivity index (χ2v) is 6.07. The number of hydrazone groups is 1. The number of benzene rings is 2. The number of nitrogens with zero attached hydrogens (tertiary/aromatic N) is 1.